The van der Waals surface area contributed by atoms with Crippen LogP contribution in [0.3, 0.4) is 0 Å². The monoisotopic (exact) mass is 358 g/mol. The van der Waals surface area contributed by atoms with Crippen molar-refractivity contribution in [1.29, 1.82) is 0 Å². The van der Waals surface area contributed by atoms with Crippen LogP contribution in [0.25, 0.3) is 5.65 Å². The molecular formula is C17H15ClN4O3. The summed E-state index contributed by atoms with van der Waals surface area (Å²) in [5, 5.41) is 11.1. The Morgan fingerprint density at radius 3 is 2.80 bits per heavy atom. The number of aromatic nitrogens is 3. The van der Waals surface area contributed by atoms with E-state index in [4.69, 9.17) is 16.3 Å². The van der Waals surface area contributed by atoms with Crippen LogP contribution in [-0.2, 0) is 9.53 Å². The predicted octanol–water partition coefficient (Wildman–Crippen LogP) is 2.80. The number of carbonyl (C=O) groups excluding carboxylic acids is 2. The van der Waals surface area contributed by atoms with E-state index >= 15 is 0 Å². The van der Waals surface area contributed by atoms with Crippen molar-refractivity contribution < 1.29 is 14.3 Å². The van der Waals surface area contributed by atoms with Crippen molar-refractivity contribution in [3.8, 4) is 0 Å². The highest BCUT2D eigenvalue weighted by molar-refractivity contribution is 6.31. The number of rotatable bonds is 4. The Kier molecular flexibility index (Phi) is 4.67. The minimum atomic E-state index is -0.604. The van der Waals surface area contributed by atoms with Crippen molar-refractivity contribution in [1.82, 2.24) is 14.6 Å². The molecule has 0 aliphatic carbocycles. The lowest BCUT2D eigenvalue weighted by molar-refractivity contribution is -0.119. The minimum Gasteiger partial charge on any atom is -0.452 e. The predicted molar refractivity (Wildman–Crippen MR) is 92.8 cm³/mol. The fourth-order valence-corrected chi connectivity index (χ4v) is 2.44. The van der Waals surface area contributed by atoms with E-state index in [0.717, 1.165) is 5.56 Å². The third-order valence-electron chi connectivity index (χ3n) is 3.68. The molecule has 0 radical (unpaired) electrons. The van der Waals surface area contributed by atoms with Crippen LogP contribution < -0.4 is 5.32 Å². The van der Waals surface area contributed by atoms with Crippen LogP contribution in [0.4, 0.5) is 5.69 Å². The molecule has 0 saturated carbocycles. The molecule has 3 aromatic rings. The quantitative estimate of drug-likeness (QED) is 0.725. The molecule has 0 fully saturated rings. The van der Waals surface area contributed by atoms with Gasteiger partial charge in [-0.2, -0.15) is 0 Å². The van der Waals surface area contributed by atoms with E-state index in [0.29, 0.717) is 27.7 Å². The number of anilines is 1. The Bertz CT molecular complexity index is 968. The van der Waals surface area contributed by atoms with Gasteiger partial charge in [-0.3, -0.25) is 9.20 Å². The van der Waals surface area contributed by atoms with E-state index in [9.17, 15) is 9.59 Å². The van der Waals surface area contributed by atoms with E-state index in [1.165, 1.54) is 0 Å². The number of aryl methyl sites for hydroxylation is 1. The standard InChI is InChI=1S/C17H15ClN4O3/c1-10-13(18)4-3-5-14(10)19-16(23)9-25-17(24)12-6-7-15-21-20-11(2)22(15)8-12/h3-8H,9H2,1-2H3,(H,19,23). The molecule has 1 aromatic carbocycles. The van der Waals surface area contributed by atoms with Crippen molar-refractivity contribution in [2.45, 2.75) is 13.8 Å². The Balaban J connectivity index is 1.63. The highest BCUT2D eigenvalue weighted by Gasteiger charge is 2.13. The van der Waals surface area contributed by atoms with Crippen molar-refractivity contribution >= 4 is 34.8 Å². The van der Waals surface area contributed by atoms with Crippen molar-refractivity contribution in [3.05, 3.63) is 58.5 Å². The normalized spacial score (nSPS) is 10.7. The number of hydrogen-bond donors (Lipinski definition) is 1. The number of hydrogen-bond acceptors (Lipinski definition) is 5. The van der Waals surface area contributed by atoms with Crippen LogP contribution in [-0.4, -0.2) is 33.1 Å². The first kappa shape index (κ1) is 16.9. The second-order valence-electron chi connectivity index (χ2n) is 5.43. The SMILES string of the molecule is Cc1c(Cl)cccc1NC(=O)COC(=O)c1ccc2nnc(C)n2c1. The summed E-state index contributed by atoms with van der Waals surface area (Å²) >= 11 is 6.01. The molecule has 0 bridgehead atoms. The Hall–Kier alpha value is -2.93. The Morgan fingerprint density at radius 2 is 2.00 bits per heavy atom. The first-order valence-corrected chi connectivity index (χ1v) is 7.87. The zero-order valence-electron chi connectivity index (χ0n) is 13.6. The molecular weight excluding hydrogens is 344 g/mol. The molecule has 7 nitrogen and oxygen atoms in total. The number of amides is 1. The van der Waals surface area contributed by atoms with Gasteiger partial charge in [-0.05, 0) is 43.7 Å². The van der Waals surface area contributed by atoms with Gasteiger partial charge in [-0.15, -0.1) is 10.2 Å². The fourth-order valence-electron chi connectivity index (χ4n) is 2.27. The largest absolute Gasteiger partial charge is 0.452 e. The maximum atomic E-state index is 12.1. The van der Waals surface area contributed by atoms with Gasteiger partial charge in [0.05, 0.1) is 5.56 Å². The van der Waals surface area contributed by atoms with E-state index in [-0.39, 0.29) is 0 Å². The van der Waals surface area contributed by atoms with Gasteiger partial charge in [-0.25, -0.2) is 4.79 Å². The summed E-state index contributed by atoms with van der Waals surface area (Å²) < 4.78 is 6.73. The summed E-state index contributed by atoms with van der Waals surface area (Å²) in [5.74, 6) is -0.396. The molecule has 0 unspecified atom stereocenters. The lowest BCUT2D eigenvalue weighted by atomic mass is 10.2. The number of carbonyl (C=O) groups is 2. The van der Waals surface area contributed by atoms with Crippen LogP contribution in [0.1, 0.15) is 21.7 Å². The van der Waals surface area contributed by atoms with Gasteiger partial charge in [0.15, 0.2) is 12.3 Å². The average Bonchev–Trinajstić information content (AvgIpc) is 2.97. The summed E-state index contributed by atoms with van der Waals surface area (Å²) in [6.07, 6.45) is 1.58. The van der Waals surface area contributed by atoms with Crippen LogP contribution >= 0.6 is 11.6 Å². The molecule has 1 amide bonds. The number of esters is 1. The number of benzene rings is 1. The van der Waals surface area contributed by atoms with Crippen LogP contribution in [0.5, 0.6) is 0 Å². The summed E-state index contributed by atoms with van der Waals surface area (Å²) in [7, 11) is 0. The molecule has 2 aromatic heterocycles. The first-order valence-electron chi connectivity index (χ1n) is 7.49. The third-order valence-corrected chi connectivity index (χ3v) is 4.09. The molecule has 0 atom stereocenters. The maximum Gasteiger partial charge on any atom is 0.340 e. The number of nitrogens with zero attached hydrogens (tertiary/aromatic N) is 3. The smallest absolute Gasteiger partial charge is 0.340 e. The highest BCUT2D eigenvalue weighted by atomic mass is 35.5. The summed E-state index contributed by atoms with van der Waals surface area (Å²) in [6.45, 7) is 3.17. The minimum absolute atomic E-state index is 0.308. The lowest BCUT2D eigenvalue weighted by Crippen LogP contribution is -2.21. The van der Waals surface area contributed by atoms with Gasteiger partial charge in [0.2, 0.25) is 0 Å². The molecule has 1 N–H and O–H groups in total. The van der Waals surface area contributed by atoms with Crippen molar-refractivity contribution in [3.63, 3.8) is 0 Å². The average molecular weight is 359 g/mol. The zero-order chi connectivity index (χ0) is 18.0. The fraction of sp³-hybridized carbons (Fsp3) is 0.176. The Morgan fingerprint density at radius 1 is 1.20 bits per heavy atom. The molecule has 3 rings (SSSR count). The lowest BCUT2D eigenvalue weighted by Gasteiger charge is -2.10. The van der Waals surface area contributed by atoms with Crippen LogP contribution in [0, 0.1) is 13.8 Å². The van der Waals surface area contributed by atoms with Gasteiger partial charge in [0.25, 0.3) is 5.91 Å². The second kappa shape index (κ2) is 6.90. The van der Waals surface area contributed by atoms with Gasteiger partial charge in [-0.1, -0.05) is 17.7 Å². The summed E-state index contributed by atoms with van der Waals surface area (Å²) in [6, 6.07) is 8.42. The summed E-state index contributed by atoms with van der Waals surface area (Å²) in [4.78, 5) is 24.1. The van der Waals surface area contributed by atoms with Crippen molar-refractivity contribution in [2.75, 3.05) is 11.9 Å². The van der Waals surface area contributed by atoms with E-state index in [2.05, 4.69) is 15.5 Å². The van der Waals surface area contributed by atoms with Crippen LogP contribution in [0.2, 0.25) is 5.02 Å². The topological polar surface area (TPSA) is 85.6 Å². The number of nitrogens with one attached hydrogen (secondary N) is 1. The Labute approximate surface area is 148 Å². The van der Waals surface area contributed by atoms with Crippen molar-refractivity contribution in [2.24, 2.45) is 0 Å². The number of ether oxygens (including phenoxy) is 1. The van der Waals surface area contributed by atoms with Crippen LogP contribution in [0.15, 0.2) is 36.5 Å². The van der Waals surface area contributed by atoms with Gasteiger partial charge >= 0.3 is 5.97 Å². The first-order chi connectivity index (χ1) is 12.0. The van der Waals surface area contributed by atoms with E-state index in [1.54, 1.807) is 54.8 Å². The van der Waals surface area contributed by atoms with E-state index in [1.807, 2.05) is 0 Å². The summed E-state index contributed by atoms with van der Waals surface area (Å²) in [5.41, 5.74) is 2.26. The molecule has 25 heavy (non-hydrogen) atoms. The van der Waals surface area contributed by atoms with Gasteiger partial charge < -0.3 is 10.1 Å². The molecule has 8 heteroatoms. The maximum absolute atomic E-state index is 12.1. The number of fused-ring (bicyclic) bond motifs is 1. The number of pyridine rings is 1. The molecule has 0 aliphatic heterocycles. The molecule has 128 valence electrons. The van der Waals surface area contributed by atoms with E-state index < -0.39 is 18.5 Å². The van der Waals surface area contributed by atoms with Gasteiger partial charge in [0, 0.05) is 16.9 Å². The number of halogens is 1. The highest BCUT2D eigenvalue weighted by Crippen LogP contribution is 2.22. The van der Waals surface area contributed by atoms with Gasteiger partial charge in [0.1, 0.15) is 5.82 Å². The molecule has 0 spiro atoms. The molecule has 0 saturated heterocycles. The second-order valence-corrected chi connectivity index (χ2v) is 5.84. The molecule has 0 aliphatic rings. The third kappa shape index (κ3) is 3.61. The zero-order valence-corrected chi connectivity index (χ0v) is 14.4. The molecule has 2 heterocycles.